The number of fused-ring (bicyclic) bond motifs is 1. The highest BCUT2D eigenvalue weighted by molar-refractivity contribution is 5.84. The monoisotopic (exact) mass is 326 g/mol. The van der Waals surface area contributed by atoms with Crippen LogP contribution in [0.3, 0.4) is 0 Å². The lowest BCUT2D eigenvalue weighted by atomic mass is 10.1. The number of aromatic nitrogens is 1. The van der Waals surface area contributed by atoms with Crippen molar-refractivity contribution in [1.82, 2.24) is 9.88 Å². The second-order valence-corrected chi connectivity index (χ2v) is 5.95. The van der Waals surface area contributed by atoms with Gasteiger partial charge in [-0.15, -0.1) is 0 Å². The average molecular weight is 326 g/mol. The van der Waals surface area contributed by atoms with Crippen molar-refractivity contribution in [2.45, 2.75) is 32.4 Å². The normalized spacial score (nSPS) is 12.2. The molecule has 1 atom stereocenters. The van der Waals surface area contributed by atoms with Crippen molar-refractivity contribution in [3.63, 3.8) is 0 Å². The summed E-state index contributed by atoms with van der Waals surface area (Å²) in [7, 11) is 1.65. The van der Waals surface area contributed by atoms with Crippen LogP contribution in [0.5, 0.6) is 5.75 Å². The van der Waals surface area contributed by atoms with Gasteiger partial charge in [0, 0.05) is 29.6 Å². The molecule has 0 saturated carbocycles. The predicted molar refractivity (Wildman–Crippen MR) is 93.1 cm³/mol. The van der Waals surface area contributed by atoms with Crippen LogP contribution in [0.2, 0.25) is 0 Å². The molecule has 0 saturated heterocycles. The molecule has 2 heterocycles. The summed E-state index contributed by atoms with van der Waals surface area (Å²) in [5.41, 5.74) is 1.02. The van der Waals surface area contributed by atoms with E-state index in [-0.39, 0.29) is 11.9 Å². The van der Waals surface area contributed by atoms with Crippen LogP contribution in [0.15, 0.2) is 53.3 Å². The highest BCUT2D eigenvalue weighted by Gasteiger charge is 2.11. The largest absolute Gasteiger partial charge is 0.497 e. The van der Waals surface area contributed by atoms with Gasteiger partial charge < -0.3 is 19.0 Å². The van der Waals surface area contributed by atoms with Gasteiger partial charge in [-0.2, -0.15) is 0 Å². The Morgan fingerprint density at radius 1 is 1.33 bits per heavy atom. The summed E-state index contributed by atoms with van der Waals surface area (Å²) in [6.07, 6.45) is 5.27. The molecule has 1 aromatic carbocycles. The van der Waals surface area contributed by atoms with E-state index in [1.807, 2.05) is 54.1 Å². The number of carbonyl (C=O) groups is 1. The van der Waals surface area contributed by atoms with E-state index in [4.69, 9.17) is 9.15 Å². The average Bonchev–Trinajstić information content (AvgIpc) is 3.22. The molecule has 1 N–H and O–H groups in total. The predicted octanol–water partition coefficient (Wildman–Crippen LogP) is 3.38. The SMILES string of the molecule is COc1ccc2c(ccn2CC(=O)N[C@@H](C)CCc2ccco2)c1. The molecule has 3 rings (SSSR count). The molecule has 2 aromatic heterocycles. The minimum atomic E-state index is 0.00950. The van der Waals surface area contributed by atoms with E-state index in [0.717, 1.165) is 35.3 Å². The van der Waals surface area contributed by atoms with E-state index >= 15 is 0 Å². The van der Waals surface area contributed by atoms with Gasteiger partial charge in [0.25, 0.3) is 0 Å². The number of furan rings is 1. The first-order valence-corrected chi connectivity index (χ1v) is 8.10. The Bertz CT molecular complexity index is 805. The number of aryl methyl sites for hydroxylation is 1. The molecule has 3 aromatic rings. The number of ether oxygens (including phenoxy) is 1. The van der Waals surface area contributed by atoms with Crippen LogP contribution in [0, 0.1) is 0 Å². The van der Waals surface area contributed by atoms with Gasteiger partial charge in [-0.1, -0.05) is 0 Å². The van der Waals surface area contributed by atoms with Crippen LogP contribution in [0.4, 0.5) is 0 Å². The Kier molecular flexibility index (Phi) is 4.89. The first-order valence-electron chi connectivity index (χ1n) is 8.10. The second-order valence-electron chi connectivity index (χ2n) is 5.95. The smallest absolute Gasteiger partial charge is 0.240 e. The zero-order chi connectivity index (χ0) is 16.9. The van der Waals surface area contributed by atoms with Gasteiger partial charge in [0.2, 0.25) is 5.91 Å². The van der Waals surface area contributed by atoms with Gasteiger partial charge in [-0.3, -0.25) is 4.79 Å². The van der Waals surface area contributed by atoms with E-state index in [2.05, 4.69) is 5.32 Å². The van der Waals surface area contributed by atoms with Crippen LogP contribution in [-0.2, 0) is 17.8 Å². The van der Waals surface area contributed by atoms with Crippen LogP contribution >= 0.6 is 0 Å². The van der Waals surface area contributed by atoms with E-state index in [9.17, 15) is 4.79 Å². The number of amides is 1. The molecule has 0 spiro atoms. The molecule has 0 aliphatic rings. The first kappa shape index (κ1) is 16.2. The molecule has 0 aliphatic carbocycles. The Hall–Kier alpha value is -2.69. The van der Waals surface area contributed by atoms with Gasteiger partial charge >= 0.3 is 0 Å². The lowest BCUT2D eigenvalue weighted by Gasteiger charge is -2.14. The molecule has 0 fully saturated rings. The number of nitrogens with zero attached hydrogens (tertiary/aromatic N) is 1. The van der Waals surface area contributed by atoms with Crippen molar-refractivity contribution in [3.05, 3.63) is 54.6 Å². The summed E-state index contributed by atoms with van der Waals surface area (Å²) in [6.45, 7) is 2.32. The summed E-state index contributed by atoms with van der Waals surface area (Å²) >= 11 is 0. The van der Waals surface area contributed by atoms with Gasteiger partial charge in [0.15, 0.2) is 0 Å². The highest BCUT2D eigenvalue weighted by Crippen LogP contribution is 2.21. The van der Waals surface area contributed by atoms with Crippen LogP contribution < -0.4 is 10.1 Å². The molecule has 1 amide bonds. The van der Waals surface area contributed by atoms with Gasteiger partial charge in [0.1, 0.15) is 18.1 Å². The van der Waals surface area contributed by atoms with Crippen molar-refractivity contribution in [3.8, 4) is 5.75 Å². The Balaban J connectivity index is 1.56. The maximum Gasteiger partial charge on any atom is 0.240 e. The second kappa shape index (κ2) is 7.25. The van der Waals surface area contributed by atoms with Crippen LogP contribution in [0.1, 0.15) is 19.1 Å². The number of methoxy groups -OCH3 is 1. The number of rotatable bonds is 7. The number of nitrogens with one attached hydrogen (secondary N) is 1. The van der Waals surface area contributed by atoms with E-state index in [1.165, 1.54) is 0 Å². The summed E-state index contributed by atoms with van der Waals surface area (Å²) in [5, 5.41) is 4.10. The van der Waals surface area contributed by atoms with Crippen molar-refractivity contribution in [2.24, 2.45) is 0 Å². The minimum Gasteiger partial charge on any atom is -0.497 e. The fraction of sp³-hybridized carbons (Fsp3) is 0.316. The van der Waals surface area contributed by atoms with Crippen LogP contribution in [-0.4, -0.2) is 23.6 Å². The Morgan fingerprint density at radius 2 is 2.21 bits per heavy atom. The Labute approximate surface area is 141 Å². The standard InChI is InChI=1S/C19H22N2O3/c1-14(5-6-16-4-3-11-24-16)20-19(22)13-21-10-9-15-12-17(23-2)7-8-18(15)21/h3-4,7-12,14H,5-6,13H2,1-2H3,(H,20,22)/t14-/m0/s1. The van der Waals surface area contributed by atoms with Gasteiger partial charge in [0.05, 0.1) is 13.4 Å². The van der Waals surface area contributed by atoms with Gasteiger partial charge in [-0.25, -0.2) is 0 Å². The third kappa shape index (κ3) is 3.79. The molecular weight excluding hydrogens is 304 g/mol. The lowest BCUT2D eigenvalue weighted by Crippen LogP contribution is -2.35. The van der Waals surface area contributed by atoms with Crippen molar-refractivity contribution in [2.75, 3.05) is 7.11 Å². The van der Waals surface area contributed by atoms with Gasteiger partial charge in [-0.05, 0) is 49.7 Å². The topological polar surface area (TPSA) is 56.4 Å². The molecule has 126 valence electrons. The molecular formula is C19H22N2O3. The molecule has 5 heteroatoms. The van der Waals surface area contributed by atoms with Crippen molar-refractivity contribution < 1.29 is 13.9 Å². The number of carbonyl (C=O) groups excluding carboxylic acids is 1. The fourth-order valence-electron chi connectivity index (χ4n) is 2.80. The highest BCUT2D eigenvalue weighted by atomic mass is 16.5. The molecule has 0 bridgehead atoms. The minimum absolute atomic E-state index is 0.00950. The summed E-state index contributed by atoms with van der Waals surface area (Å²) in [5.74, 6) is 1.77. The number of hydrogen-bond acceptors (Lipinski definition) is 3. The summed E-state index contributed by atoms with van der Waals surface area (Å²) < 4.78 is 12.5. The molecule has 24 heavy (non-hydrogen) atoms. The lowest BCUT2D eigenvalue weighted by molar-refractivity contribution is -0.122. The quantitative estimate of drug-likeness (QED) is 0.724. The first-order chi connectivity index (χ1) is 11.7. The van der Waals surface area contributed by atoms with E-state index in [1.54, 1.807) is 13.4 Å². The molecule has 0 aliphatic heterocycles. The molecule has 0 radical (unpaired) electrons. The van der Waals surface area contributed by atoms with E-state index in [0.29, 0.717) is 6.54 Å². The maximum atomic E-state index is 12.3. The van der Waals surface area contributed by atoms with E-state index < -0.39 is 0 Å². The summed E-state index contributed by atoms with van der Waals surface area (Å²) in [4.78, 5) is 12.3. The van der Waals surface area contributed by atoms with Crippen molar-refractivity contribution >= 4 is 16.8 Å². The third-order valence-corrected chi connectivity index (χ3v) is 4.10. The maximum absolute atomic E-state index is 12.3. The number of hydrogen-bond donors (Lipinski definition) is 1. The van der Waals surface area contributed by atoms with Crippen molar-refractivity contribution in [1.29, 1.82) is 0 Å². The fourth-order valence-corrected chi connectivity index (χ4v) is 2.80. The zero-order valence-electron chi connectivity index (χ0n) is 14.0. The van der Waals surface area contributed by atoms with Crippen LogP contribution in [0.25, 0.3) is 10.9 Å². The number of benzene rings is 1. The molecule has 0 unspecified atom stereocenters. The Morgan fingerprint density at radius 3 is 2.96 bits per heavy atom. The zero-order valence-corrected chi connectivity index (χ0v) is 14.0. The molecule has 5 nitrogen and oxygen atoms in total. The third-order valence-electron chi connectivity index (χ3n) is 4.10. The summed E-state index contributed by atoms with van der Waals surface area (Å²) in [6, 6.07) is 11.8.